The van der Waals surface area contributed by atoms with Crippen LogP contribution in [0.2, 0.25) is 5.02 Å². The summed E-state index contributed by atoms with van der Waals surface area (Å²) in [4.78, 5) is 48.4. The molecular formula is C74H85ClN12O9S2. The number of piperazine rings is 1. The first-order chi connectivity index (χ1) is 46.2. The molecule has 1 amide bonds. The highest BCUT2D eigenvalue weighted by Gasteiger charge is 2.26. The Labute approximate surface area is 580 Å². The summed E-state index contributed by atoms with van der Waals surface area (Å²) in [5.74, 6) is 1.44. The van der Waals surface area contributed by atoms with Crippen molar-refractivity contribution in [3.63, 3.8) is 0 Å². The molecule has 98 heavy (non-hydrogen) atoms. The van der Waals surface area contributed by atoms with Crippen molar-refractivity contribution >= 4 is 113 Å². The molecule has 13 N–H and O–H groups in total. The molecule has 7 heterocycles. The van der Waals surface area contributed by atoms with E-state index in [1.165, 1.54) is 72.0 Å². The molecule has 7 aromatic carbocycles. The minimum absolute atomic E-state index is 0. The van der Waals surface area contributed by atoms with Gasteiger partial charge in [-0.05, 0) is 170 Å². The first-order valence-corrected chi connectivity index (χ1v) is 35.2. The van der Waals surface area contributed by atoms with Crippen LogP contribution in [0.1, 0.15) is 86.3 Å². The van der Waals surface area contributed by atoms with E-state index in [1.807, 2.05) is 86.1 Å². The van der Waals surface area contributed by atoms with E-state index in [1.54, 1.807) is 42.5 Å². The number of para-hydroxylation sites is 1. The number of halogens is 1. The van der Waals surface area contributed by atoms with Crippen LogP contribution in [0.15, 0.2) is 197 Å². The van der Waals surface area contributed by atoms with Crippen molar-refractivity contribution in [3.8, 4) is 0 Å². The second kappa shape index (κ2) is 31.3. The van der Waals surface area contributed by atoms with Gasteiger partial charge >= 0.3 is 11.7 Å². The number of sulfonamides is 1. The van der Waals surface area contributed by atoms with E-state index >= 15 is 0 Å². The number of anilines is 8. The van der Waals surface area contributed by atoms with Crippen LogP contribution in [-0.2, 0) is 63.1 Å². The fourth-order valence-electron chi connectivity index (χ4n) is 12.6. The summed E-state index contributed by atoms with van der Waals surface area (Å²) in [6.07, 6.45) is 10.6. The molecule has 1 saturated heterocycles. The lowest BCUT2D eigenvalue weighted by molar-refractivity contribution is -0.153. The number of rotatable bonds is 14. The van der Waals surface area contributed by atoms with Crippen LogP contribution in [0.4, 0.5) is 45.5 Å². The van der Waals surface area contributed by atoms with Crippen LogP contribution in [0.5, 0.6) is 0 Å². The third-order valence-corrected chi connectivity index (χ3v) is 20.0. The monoisotopic (exact) mass is 1380 g/mol. The molecule has 0 radical (unpaired) electrons. The SMILES string of the molecule is C=C1Cc2cc(CN3CCc4cc(CC(=O)OC(C)(C)C)ccc43)ccc2N1.C=C1Nc2ccc(CC(=O)N3CCN(Cc4ccc(Cl)cc4)CC3)cc2N1.C=C1Nc2ccc(NS(=O)(=O)c3coc4ccccc34)cc2N1.O.O.O=c1[nH]c2ccc(NSC3CCCCC3)cc2[nH]1. The molecule has 1 aliphatic carbocycles. The van der Waals surface area contributed by atoms with Gasteiger partial charge < -0.3 is 71.2 Å². The van der Waals surface area contributed by atoms with Gasteiger partial charge in [-0.15, -0.1) is 0 Å². The number of amides is 1. The zero-order chi connectivity index (χ0) is 67.1. The number of hydrogen-bond donors (Lipinski definition) is 9. The Kier molecular flexibility index (Phi) is 22.7. The molecule has 0 unspecified atom stereocenters. The number of esters is 1. The molecule has 5 aliphatic heterocycles. The summed E-state index contributed by atoms with van der Waals surface area (Å²) in [6, 6.07) is 45.1. The number of aromatic amines is 2. The van der Waals surface area contributed by atoms with Crippen molar-refractivity contribution in [1.82, 2.24) is 19.8 Å². The number of imidazole rings is 1. The van der Waals surface area contributed by atoms with Gasteiger partial charge in [0.15, 0.2) is 0 Å². The summed E-state index contributed by atoms with van der Waals surface area (Å²) >= 11 is 7.76. The first kappa shape index (κ1) is 71.2. The van der Waals surface area contributed by atoms with Crippen molar-refractivity contribution in [2.45, 2.75) is 107 Å². The van der Waals surface area contributed by atoms with Gasteiger partial charge in [0.25, 0.3) is 10.0 Å². The smallest absolute Gasteiger partial charge is 0.323 e. The van der Waals surface area contributed by atoms with Gasteiger partial charge in [0.2, 0.25) is 5.91 Å². The number of nitrogens with one attached hydrogen (secondary N) is 9. The van der Waals surface area contributed by atoms with Gasteiger partial charge in [-0.25, -0.2) is 13.2 Å². The van der Waals surface area contributed by atoms with Crippen LogP contribution in [0.3, 0.4) is 0 Å². The Morgan fingerprint density at radius 1 is 0.653 bits per heavy atom. The van der Waals surface area contributed by atoms with Crippen LogP contribution in [-0.4, -0.2) is 94.6 Å². The summed E-state index contributed by atoms with van der Waals surface area (Å²) in [7, 11) is -3.74. The van der Waals surface area contributed by atoms with E-state index in [4.69, 9.17) is 20.8 Å². The molecule has 1 saturated carbocycles. The quantitative estimate of drug-likeness (QED) is 0.0361. The maximum Gasteiger partial charge on any atom is 0.323 e. The highest BCUT2D eigenvalue weighted by molar-refractivity contribution is 8.01. The van der Waals surface area contributed by atoms with Crippen LogP contribution >= 0.6 is 23.5 Å². The average molecular weight is 1390 g/mol. The topological polar surface area (TPSA) is 296 Å². The molecule has 0 spiro atoms. The second-order valence-corrected chi connectivity index (χ2v) is 29.1. The van der Waals surface area contributed by atoms with E-state index in [2.05, 4.69) is 124 Å². The lowest BCUT2D eigenvalue weighted by atomic mass is 10.0. The van der Waals surface area contributed by atoms with Crippen LogP contribution < -0.4 is 46.6 Å². The number of furan rings is 1. The van der Waals surface area contributed by atoms with Crippen molar-refractivity contribution in [3.05, 3.63) is 232 Å². The van der Waals surface area contributed by atoms with E-state index in [-0.39, 0.29) is 33.4 Å². The molecule has 9 aromatic rings. The van der Waals surface area contributed by atoms with E-state index < -0.39 is 15.6 Å². The van der Waals surface area contributed by atoms with E-state index in [9.17, 15) is 22.8 Å². The highest BCUT2D eigenvalue weighted by Crippen LogP contribution is 2.37. The zero-order valence-corrected chi connectivity index (χ0v) is 57.7. The summed E-state index contributed by atoms with van der Waals surface area (Å²) < 4.78 is 42.0. The third-order valence-electron chi connectivity index (χ3n) is 17.2. The Hall–Kier alpha value is -9.62. The minimum atomic E-state index is -3.74. The molecule has 6 aliphatic rings. The number of aromatic nitrogens is 2. The fraction of sp³-hybridized carbons (Fsp3) is 0.284. The van der Waals surface area contributed by atoms with Gasteiger partial charge in [-0.3, -0.25) is 19.2 Å². The number of H-pyrrole nitrogens is 2. The van der Waals surface area contributed by atoms with Gasteiger partial charge in [-0.1, -0.05) is 105 Å². The average Bonchev–Trinajstić information content (AvgIpc) is 1.62. The van der Waals surface area contributed by atoms with E-state index in [0.717, 1.165) is 131 Å². The Balaban J connectivity index is 0.000000142. The Morgan fingerprint density at radius 2 is 1.29 bits per heavy atom. The molecule has 2 aromatic heterocycles. The molecule has 24 heteroatoms. The Bertz CT molecular complexity index is 4570. The lowest BCUT2D eigenvalue weighted by Crippen LogP contribution is -2.48. The maximum atomic E-state index is 12.7. The summed E-state index contributed by atoms with van der Waals surface area (Å²) in [5, 5.41) is 17.8. The van der Waals surface area contributed by atoms with Crippen molar-refractivity contribution in [2.24, 2.45) is 0 Å². The molecular weight excluding hydrogens is 1300 g/mol. The van der Waals surface area contributed by atoms with Crippen molar-refractivity contribution in [1.29, 1.82) is 0 Å². The first-order valence-electron chi connectivity index (χ1n) is 32.4. The zero-order valence-electron chi connectivity index (χ0n) is 55.3. The number of benzene rings is 7. The van der Waals surface area contributed by atoms with Gasteiger partial charge in [-0.2, -0.15) is 0 Å². The Morgan fingerprint density at radius 3 is 2.03 bits per heavy atom. The molecule has 2 fully saturated rings. The number of fused-ring (bicyclic) bond motifs is 6. The normalized spacial score (nSPS) is 15.2. The lowest BCUT2D eigenvalue weighted by Gasteiger charge is -2.35. The molecule has 514 valence electrons. The van der Waals surface area contributed by atoms with Gasteiger partial charge in [0.1, 0.15) is 34.0 Å². The predicted octanol–water partition coefficient (Wildman–Crippen LogP) is 13.3. The number of hydrogen-bond acceptors (Lipinski definition) is 16. The van der Waals surface area contributed by atoms with Crippen LogP contribution in [0.25, 0.3) is 22.0 Å². The van der Waals surface area contributed by atoms with Crippen LogP contribution in [0, 0.1) is 0 Å². The standard InChI is InChI=1S/C24H28N2O2.C21H23ClN4O.C16H13N3O3S.C13H17N3OS.2H2O/c1-16-11-20-13-18(5-7-21(20)25-16)15-26-10-9-19-12-17(6-8-22(19)26)14-23(27)28-24(2,3)4;1-15-23-19-7-4-17(12-20(19)24-15)13-21(27)26-10-8-25(9-11-26)14-16-2-5-18(22)6-3-16;1-10-17-13-7-6-11(8-14(13)18-10)19-23(20,21)16-9-22-15-5-3-2-4-12(15)16;17-13-14-11-7-6-9(8-12(11)15-13)16-18-10-4-2-1-3-5-10;;/h5-8,12-13,25H,1,9-11,14-15H2,2-4H3;2-7,12,23-24H,1,8-11,13-14H2;2-9,17-19H,1H2;6-8,10,16H,1-5H2,(H2,14,15,17);2*1H2. The third kappa shape index (κ3) is 18.3. The number of carbonyl (C=O) groups is 2. The fourth-order valence-corrected chi connectivity index (χ4v) is 14.9. The summed E-state index contributed by atoms with van der Waals surface area (Å²) in [5.41, 5.74) is 17.6. The highest BCUT2D eigenvalue weighted by atomic mass is 35.5. The number of nitrogens with zero attached hydrogens (tertiary/aromatic N) is 3. The molecule has 0 bridgehead atoms. The minimum Gasteiger partial charge on any atom is -0.463 e. The predicted molar refractivity (Wildman–Crippen MR) is 398 cm³/mol. The number of ether oxygens (including phenoxy) is 1. The van der Waals surface area contributed by atoms with Crippen molar-refractivity contribution < 1.29 is 38.1 Å². The maximum absolute atomic E-state index is 12.7. The van der Waals surface area contributed by atoms with Gasteiger partial charge in [0.05, 0.1) is 52.3 Å². The number of carbonyl (C=O) groups excluding carboxylic acids is 2. The summed E-state index contributed by atoms with van der Waals surface area (Å²) in [6.45, 7) is 23.5. The molecule has 15 rings (SSSR count). The number of allylic oxidation sites excluding steroid dienone is 1. The van der Waals surface area contributed by atoms with E-state index in [0.29, 0.717) is 35.3 Å². The van der Waals surface area contributed by atoms with Gasteiger partial charge in [0, 0.05) is 90.7 Å². The molecule has 0 atom stereocenters. The second-order valence-electron chi connectivity index (χ2n) is 25.9. The largest absolute Gasteiger partial charge is 0.463 e. The van der Waals surface area contributed by atoms with Crippen molar-refractivity contribution in [2.75, 3.05) is 73.7 Å². The molecule has 21 nitrogen and oxygen atoms in total.